The summed E-state index contributed by atoms with van der Waals surface area (Å²) in [6.07, 6.45) is 2.16. The monoisotopic (exact) mass is 251 g/mol. The zero-order valence-electron chi connectivity index (χ0n) is 9.53. The molecule has 1 amide bonds. The molecule has 1 aliphatic carbocycles. The number of aryl methyl sites for hydroxylation is 1. The molecule has 0 spiro atoms. The van der Waals surface area contributed by atoms with E-state index in [2.05, 4.69) is 15.6 Å². The molecule has 2 N–H and O–H groups in total. The third-order valence-electron chi connectivity index (χ3n) is 3.50. The van der Waals surface area contributed by atoms with Gasteiger partial charge < -0.3 is 10.6 Å². The largest absolute Gasteiger partial charge is 0.309 e. The third kappa shape index (κ3) is 2.15. The second kappa shape index (κ2) is 3.96. The SMILES string of the molecule is Cc1ccc(Cl)nc1NC(=O)[C@@H]1C[C@H]2C[C@H]2N1. The lowest BCUT2D eigenvalue weighted by molar-refractivity contribution is -0.118. The van der Waals surface area contributed by atoms with Crippen molar-refractivity contribution in [1.29, 1.82) is 0 Å². The van der Waals surface area contributed by atoms with Crippen LogP contribution in [0.15, 0.2) is 12.1 Å². The zero-order chi connectivity index (χ0) is 12.0. The maximum atomic E-state index is 12.0. The van der Waals surface area contributed by atoms with Crippen molar-refractivity contribution in [2.45, 2.75) is 31.8 Å². The number of hydrogen-bond acceptors (Lipinski definition) is 3. The van der Waals surface area contributed by atoms with Crippen LogP contribution in [0.1, 0.15) is 18.4 Å². The number of rotatable bonds is 2. The number of carbonyl (C=O) groups excluding carboxylic acids is 1. The maximum Gasteiger partial charge on any atom is 0.242 e. The summed E-state index contributed by atoms with van der Waals surface area (Å²) in [5, 5.41) is 6.54. The van der Waals surface area contributed by atoms with Gasteiger partial charge in [0.05, 0.1) is 6.04 Å². The summed E-state index contributed by atoms with van der Waals surface area (Å²) in [6, 6.07) is 4.07. The minimum Gasteiger partial charge on any atom is -0.309 e. The van der Waals surface area contributed by atoms with Gasteiger partial charge in [-0.2, -0.15) is 0 Å². The second-order valence-electron chi connectivity index (χ2n) is 4.85. The molecule has 17 heavy (non-hydrogen) atoms. The number of hydrogen-bond donors (Lipinski definition) is 2. The standard InChI is InChI=1S/C12H14ClN3O/c1-6-2-3-10(13)15-11(6)16-12(17)9-5-7-4-8(7)14-9/h2-3,7-9,14H,4-5H2,1H3,(H,15,16,17)/t7-,8-,9+/m1/s1. The van der Waals surface area contributed by atoms with Crippen LogP contribution in [0.3, 0.4) is 0 Å². The summed E-state index contributed by atoms with van der Waals surface area (Å²) >= 11 is 5.81. The van der Waals surface area contributed by atoms with E-state index in [4.69, 9.17) is 11.6 Å². The summed E-state index contributed by atoms with van der Waals surface area (Å²) in [5.74, 6) is 1.26. The highest BCUT2D eigenvalue weighted by Gasteiger charge is 2.47. The fourth-order valence-electron chi connectivity index (χ4n) is 2.36. The van der Waals surface area contributed by atoms with Gasteiger partial charge in [-0.05, 0) is 37.3 Å². The first-order chi connectivity index (χ1) is 8.13. The van der Waals surface area contributed by atoms with E-state index in [0.29, 0.717) is 22.9 Å². The number of anilines is 1. The van der Waals surface area contributed by atoms with E-state index in [1.165, 1.54) is 6.42 Å². The maximum absolute atomic E-state index is 12.0. The lowest BCUT2D eigenvalue weighted by Crippen LogP contribution is -2.38. The Morgan fingerprint density at radius 2 is 2.35 bits per heavy atom. The minimum absolute atomic E-state index is 0.00457. The summed E-state index contributed by atoms with van der Waals surface area (Å²) < 4.78 is 0. The molecular formula is C12H14ClN3O. The van der Waals surface area contributed by atoms with Crippen LogP contribution in [0.4, 0.5) is 5.82 Å². The first-order valence-electron chi connectivity index (χ1n) is 5.83. The van der Waals surface area contributed by atoms with Crippen LogP contribution in [0, 0.1) is 12.8 Å². The van der Waals surface area contributed by atoms with Gasteiger partial charge in [-0.25, -0.2) is 4.98 Å². The third-order valence-corrected chi connectivity index (χ3v) is 3.71. The van der Waals surface area contributed by atoms with Gasteiger partial charge in [-0.1, -0.05) is 17.7 Å². The van der Waals surface area contributed by atoms with E-state index in [-0.39, 0.29) is 11.9 Å². The molecule has 0 radical (unpaired) electrons. The number of nitrogens with one attached hydrogen (secondary N) is 2. The minimum atomic E-state index is -0.0704. The van der Waals surface area contributed by atoms with E-state index < -0.39 is 0 Å². The van der Waals surface area contributed by atoms with Gasteiger partial charge in [-0.15, -0.1) is 0 Å². The Morgan fingerprint density at radius 3 is 3.06 bits per heavy atom. The number of amides is 1. The smallest absolute Gasteiger partial charge is 0.242 e. The Hall–Kier alpha value is -1.13. The summed E-state index contributed by atoms with van der Waals surface area (Å²) in [6.45, 7) is 1.90. The van der Waals surface area contributed by atoms with Gasteiger partial charge in [0.2, 0.25) is 5.91 Å². The van der Waals surface area contributed by atoms with Gasteiger partial charge in [0.15, 0.2) is 0 Å². The van der Waals surface area contributed by atoms with Crippen molar-refractivity contribution < 1.29 is 4.79 Å². The van der Waals surface area contributed by atoms with Crippen LogP contribution in [0.5, 0.6) is 0 Å². The van der Waals surface area contributed by atoms with Crippen molar-refractivity contribution in [1.82, 2.24) is 10.3 Å². The Kier molecular flexibility index (Phi) is 2.56. The van der Waals surface area contributed by atoms with Gasteiger partial charge in [0, 0.05) is 6.04 Å². The Balaban J connectivity index is 1.69. The van der Waals surface area contributed by atoms with Crippen molar-refractivity contribution in [3.05, 3.63) is 22.8 Å². The predicted octanol–water partition coefficient (Wildman–Crippen LogP) is 1.73. The van der Waals surface area contributed by atoms with E-state index >= 15 is 0 Å². The van der Waals surface area contributed by atoms with Gasteiger partial charge >= 0.3 is 0 Å². The quantitative estimate of drug-likeness (QED) is 0.788. The van der Waals surface area contributed by atoms with Crippen molar-refractivity contribution in [2.24, 2.45) is 5.92 Å². The zero-order valence-corrected chi connectivity index (χ0v) is 10.3. The molecule has 1 aromatic rings. The van der Waals surface area contributed by atoms with Crippen LogP contribution in [-0.2, 0) is 4.79 Å². The number of piperidine rings is 1. The van der Waals surface area contributed by atoms with Crippen LogP contribution in [0.25, 0.3) is 0 Å². The molecule has 90 valence electrons. The predicted molar refractivity (Wildman–Crippen MR) is 66.0 cm³/mol. The molecular weight excluding hydrogens is 238 g/mol. The summed E-state index contributed by atoms with van der Waals surface area (Å²) in [7, 11) is 0. The number of halogens is 1. The lowest BCUT2D eigenvalue weighted by atomic mass is 10.1. The first kappa shape index (κ1) is 11.0. The number of fused-ring (bicyclic) bond motifs is 1. The van der Waals surface area contributed by atoms with E-state index in [0.717, 1.165) is 12.0 Å². The van der Waals surface area contributed by atoms with Gasteiger partial charge in [0.25, 0.3) is 0 Å². The average Bonchev–Trinajstić information content (AvgIpc) is 2.91. The number of pyridine rings is 1. The summed E-state index contributed by atoms with van der Waals surface area (Å²) in [5.41, 5.74) is 0.922. The van der Waals surface area contributed by atoms with Crippen molar-refractivity contribution in [3.8, 4) is 0 Å². The highest BCUT2D eigenvalue weighted by molar-refractivity contribution is 6.29. The molecule has 0 bridgehead atoms. The Labute approximate surface area is 105 Å². The first-order valence-corrected chi connectivity index (χ1v) is 6.21. The molecule has 4 nitrogen and oxygen atoms in total. The van der Waals surface area contributed by atoms with Crippen molar-refractivity contribution >= 4 is 23.3 Å². The van der Waals surface area contributed by atoms with Crippen LogP contribution in [-0.4, -0.2) is 23.0 Å². The molecule has 1 aliphatic heterocycles. The van der Waals surface area contributed by atoms with Crippen LogP contribution in [0.2, 0.25) is 5.15 Å². The molecule has 0 aromatic carbocycles. The van der Waals surface area contributed by atoms with Crippen molar-refractivity contribution in [2.75, 3.05) is 5.32 Å². The summed E-state index contributed by atoms with van der Waals surface area (Å²) in [4.78, 5) is 16.1. The molecule has 1 saturated heterocycles. The normalized spacial score (nSPS) is 29.9. The second-order valence-corrected chi connectivity index (χ2v) is 5.23. The Bertz CT molecular complexity index is 467. The Morgan fingerprint density at radius 1 is 1.53 bits per heavy atom. The molecule has 3 atom stereocenters. The lowest BCUT2D eigenvalue weighted by Gasteiger charge is -2.14. The molecule has 5 heteroatoms. The number of aromatic nitrogens is 1. The van der Waals surface area contributed by atoms with E-state index in [1.54, 1.807) is 6.07 Å². The molecule has 3 rings (SSSR count). The molecule has 2 heterocycles. The van der Waals surface area contributed by atoms with Gasteiger partial charge in [0.1, 0.15) is 11.0 Å². The number of nitrogens with zero attached hydrogens (tertiary/aromatic N) is 1. The van der Waals surface area contributed by atoms with E-state index in [9.17, 15) is 4.79 Å². The molecule has 2 aliphatic rings. The molecule has 1 aromatic heterocycles. The van der Waals surface area contributed by atoms with Crippen LogP contribution >= 0.6 is 11.6 Å². The molecule has 2 fully saturated rings. The van der Waals surface area contributed by atoms with E-state index in [1.807, 2.05) is 13.0 Å². The van der Waals surface area contributed by atoms with Crippen LogP contribution < -0.4 is 10.6 Å². The highest BCUT2D eigenvalue weighted by Crippen LogP contribution is 2.40. The van der Waals surface area contributed by atoms with Gasteiger partial charge in [-0.3, -0.25) is 4.79 Å². The fourth-order valence-corrected chi connectivity index (χ4v) is 2.51. The molecule has 0 unspecified atom stereocenters. The van der Waals surface area contributed by atoms with Crippen molar-refractivity contribution in [3.63, 3.8) is 0 Å². The molecule has 1 saturated carbocycles. The average molecular weight is 252 g/mol. The topological polar surface area (TPSA) is 54.0 Å². The number of carbonyl (C=O) groups is 1. The fraction of sp³-hybridized carbons (Fsp3) is 0.500. The highest BCUT2D eigenvalue weighted by atomic mass is 35.5.